The number of rotatable bonds is 4. The van der Waals surface area contributed by atoms with Gasteiger partial charge in [0.1, 0.15) is 18.1 Å². The molecule has 2 aromatic rings. The number of carbonyl (C=O) groups excluding carboxylic acids is 2. The van der Waals surface area contributed by atoms with Gasteiger partial charge in [-0.15, -0.1) is 0 Å². The molecule has 2 fully saturated rings. The highest BCUT2D eigenvalue weighted by atomic mass is 19.1. The lowest BCUT2D eigenvalue weighted by Gasteiger charge is -2.34. The fourth-order valence-electron chi connectivity index (χ4n) is 3.78. The molecule has 8 heteroatoms. The number of hydrogen-bond donors (Lipinski definition) is 1. The van der Waals surface area contributed by atoms with E-state index in [0.717, 1.165) is 31.5 Å². The smallest absolute Gasteiger partial charge is 0.274 e. The molecular weight excluding hydrogens is 361 g/mol. The molecule has 1 aromatic heterocycles. The predicted molar refractivity (Wildman–Crippen MR) is 101 cm³/mol. The van der Waals surface area contributed by atoms with E-state index in [4.69, 9.17) is 0 Å². The van der Waals surface area contributed by atoms with Gasteiger partial charge in [-0.25, -0.2) is 4.39 Å². The van der Waals surface area contributed by atoms with Crippen LogP contribution < -0.4 is 5.32 Å². The second kappa shape index (κ2) is 8.10. The van der Waals surface area contributed by atoms with Crippen LogP contribution in [0.2, 0.25) is 0 Å². The second-order valence-electron chi connectivity index (χ2n) is 7.35. The molecule has 28 heavy (non-hydrogen) atoms. The van der Waals surface area contributed by atoms with Crippen molar-refractivity contribution in [2.45, 2.75) is 25.4 Å². The molecule has 0 saturated carbocycles. The van der Waals surface area contributed by atoms with E-state index in [1.165, 1.54) is 17.0 Å². The molecule has 2 saturated heterocycles. The molecule has 7 nitrogen and oxygen atoms in total. The Labute approximate surface area is 163 Å². The topological polar surface area (TPSA) is 70.5 Å². The maximum Gasteiger partial charge on any atom is 0.274 e. The van der Waals surface area contributed by atoms with Crippen LogP contribution in [0.1, 0.15) is 34.9 Å². The minimum Gasteiger partial charge on any atom is -0.335 e. The average molecular weight is 385 g/mol. The molecule has 4 rings (SSSR count). The normalized spacial score (nSPS) is 20.5. The Morgan fingerprint density at radius 1 is 1.29 bits per heavy atom. The third-order valence-electron chi connectivity index (χ3n) is 5.34. The van der Waals surface area contributed by atoms with Crippen LogP contribution in [0.5, 0.6) is 0 Å². The molecule has 1 unspecified atom stereocenters. The van der Waals surface area contributed by atoms with Gasteiger partial charge in [0.2, 0.25) is 5.91 Å². The first-order valence-electron chi connectivity index (χ1n) is 9.67. The van der Waals surface area contributed by atoms with Crippen LogP contribution in [-0.4, -0.2) is 64.1 Å². The number of hydrogen-bond acceptors (Lipinski definition) is 4. The van der Waals surface area contributed by atoms with Crippen molar-refractivity contribution < 1.29 is 14.0 Å². The quantitative estimate of drug-likeness (QED) is 0.865. The molecule has 0 radical (unpaired) electrons. The number of piperidine rings is 1. The van der Waals surface area contributed by atoms with Gasteiger partial charge in [0.05, 0.1) is 6.04 Å². The zero-order chi connectivity index (χ0) is 19.5. The largest absolute Gasteiger partial charge is 0.335 e. The molecule has 3 heterocycles. The van der Waals surface area contributed by atoms with E-state index in [2.05, 4.69) is 10.4 Å². The molecular formula is C20H24FN5O2. The summed E-state index contributed by atoms with van der Waals surface area (Å²) in [6.07, 6.45) is 3.97. The molecule has 0 aliphatic carbocycles. The van der Waals surface area contributed by atoms with Crippen molar-refractivity contribution in [3.8, 4) is 0 Å². The molecule has 148 valence electrons. The minimum absolute atomic E-state index is 0.0198. The van der Waals surface area contributed by atoms with Crippen molar-refractivity contribution >= 4 is 11.8 Å². The number of benzene rings is 1. The first-order chi connectivity index (χ1) is 13.6. The first-order valence-corrected chi connectivity index (χ1v) is 9.67. The minimum atomic E-state index is -0.317. The lowest BCUT2D eigenvalue weighted by atomic mass is 10.1. The number of piperazine rings is 1. The molecule has 2 aliphatic rings. The number of amides is 2. The van der Waals surface area contributed by atoms with Crippen molar-refractivity contribution in [2.75, 3.05) is 32.7 Å². The summed E-state index contributed by atoms with van der Waals surface area (Å²) in [5, 5.41) is 7.79. The summed E-state index contributed by atoms with van der Waals surface area (Å²) in [7, 11) is 0. The van der Waals surface area contributed by atoms with Crippen molar-refractivity contribution in [2.24, 2.45) is 0 Å². The Morgan fingerprint density at radius 3 is 2.93 bits per heavy atom. The Kier molecular flexibility index (Phi) is 5.38. The molecule has 2 aliphatic heterocycles. The van der Waals surface area contributed by atoms with Gasteiger partial charge in [-0.1, -0.05) is 12.1 Å². The van der Waals surface area contributed by atoms with E-state index in [9.17, 15) is 14.0 Å². The van der Waals surface area contributed by atoms with Crippen LogP contribution in [0.15, 0.2) is 36.5 Å². The molecule has 1 aromatic carbocycles. The fraction of sp³-hybridized carbons (Fsp3) is 0.450. The SMILES string of the molecule is O=C1CN(C(=O)c2ccn(C3CCCNC3)n2)CCN1Cc1cccc(F)c1. The van der Waals surface area contributed by atoms with Crippen LogP contribution in [0.3, 0.4) is 0 Å². The molecule has 0 bridgehead atoms. The van der Waals surface area contributed by atoms with Gasteiger partial charge >= 0.3 is 0 Å². The summed E-state index contributed by atoms with van der Waals surface area (Å²) in [5.41, 5.74) is 1.12. The Hall–Kier alpha value is -2.74. The van der Waals surface area contributed by atoms with Gasteiger partial charge in [0.25, 0.3) is 5.91 Å². The fourth-order valence-corrected chi connectivity index (χ4v) is 3.78. The second-order valence-corrected chi connectivity index (χ2v) is 7.35. The summed E-state index contributed by atoms with van der Waals surface area (Å²) in [4.78, 5) is 28.4. The van der Waals surface area contributed by atoms with Gasteiger partial charge in [0, 0.05) is 32.4 Å². The lowest BCUT2D eigenvalue weighted by molar-refractivity contribution is -0.135. The number of carbonyl (C=O) groups is 2. The summed E-state index contributed by atoms with van der Waals surface area (Å²) in [6, 6.07) is 8.22. The Morgan fingerprint density at radius 2 is 2.18 bits per heavy atom. The average Bonchev–Trinajstić information content (AvgIpc) is 3.20. The maximum absolute atomic E-state index is 13.3. The number of halogens is 1. The number of nitrogens with zero attached hydrogens (tertiary/aromatic N) is 4. The molecule has 2 amide bonds. The summed E-state index contributed by atoms with van der Waals surface area (Å²) in [6.45, 7) is 3.11. The third kappa shape index (κ3) is 4.06. The summed E-state index contributed by atoms with van der Waals surface area (Å²) in [5.74, 6) is -0.677. The van der Waals surface area contributed by atoms with Crippen LogP contribution in [0.4, 0.5) is 4.39 Å². The van der Waals surface area contributed by atoms with Gasteiger partial charge in [-0.3, -0.25) is 14.3 Å². The van der Waals surface area contributed by atoms with E-state index >= 15 is 0 Å². The Bertz CT molecular complexity index is 862. The van der Waals surface area contributed by atoms with E-state index < -0.39 is 0 Å². The standard InChI is InChI=1S/C20H24FN5O2/c21-16-4-1-3-15(11-16)13-24-9-10-25(14-19(24)27)20(28)18-6-8-26(23-18)17-5-2-7-22-12-17/h1,3-4,6,8,11,17,22H,2,5,7,9-10,12-14H2. The summed E-state index contributed by atoms with van der Waals surface area (Å²) < 4.78 is 15.2. The highest BCUT2D eigenvalue weighted by Crippen LogP contribution is 2.17. The maximum atomic E-state index is 13.3. The van der Waals surface area contributed by atoms with E-state index in [1.807, 2.05) is 10.9 Å². The van der Waals surface area contributed by atoms with Crippen LogP contribution in [0.25, 0.3) is 0 Å². The van der Waals surface area contributed by atoms with E-state index in [1.54, 1.807) is 23.1 Å². The van der Waals surface area contributed by atoms with Crippen molar-refractivity contribution in [1.29, 1.82) is 0 Å². The van der Waals surface area contributed by atoms with Crippen LogP contribution >= 0.6 is 0 Å². The van der Waals surface area contributed by atoms with E-state index in [0.29, 0.717) is 25.3 Å². The third-order valence-corrected chi connectivity index (χ3v) is 5.34. The highest BCUT2D eigenvalue weighted by Gasteiger charge is 2.29. The highest BCUT2D eigenvalue weighted by molar-refractivity contribution is 5.95. The zero-order valence-corrected chi connectivity index (χ0v) is 15.7. The van der Waals surface area contributed by atoms with Crippen LogP contribution in [0, 0.1) is 5.82 Å². The van der Waals surface area contributed by atoms with Crippen molar-refractivity contribution in [1.82, 2.24) is 24.9 Å². The van der Waals surface area contributed by atoms with Gasteiger partial charge < -0.3 is 15.1 Å². The molecule has 1 atom stereocenters. The Balaban J connectivity index is 1.36. The molecule has 0 spiro atoms. The summed E-state index contributed by atoms with van der Waals surface area (Å²) >= 11 is 0. The number of aromatic nitrogens is 2. The van der Waals surface area contributed by atoms with Crippen molar-refractivity contribution in [3.05, 3.63) is 53.6 Å². The van der Waals surface area contributed by atoms with E-state index in [-0.39, 0.29) is 30.2 Å². The monoisotopic (exact) mass is 385 g/mol. The number of nitrogens with one attached hydrogen (secondary N) is 1. The van der Waals surface area contributed by atoms with Crippen LogP contribution in [-0.2, 0) is 11.3 Å². The molecule has 1 N–H and O–H groups in total. The van der Waals surface area contributed by atoms with Gasteiger partial charge in [-0.2, -0.15) is 5.10 Å². The zero-order valence-electron chi connectivity index (χ0n) is 15.7. The lowest BCUT2D eigenvalue weighted by Crippen LogP contribution is -2.51. The van der Waals surface area contributed by atoms with Gasteiger partial charge in [0.15, 0.2) is 0 Å². The predicted octanol–water partition coefficient (Wildman–Crippen LogP) is 1.43. The first kappa shape index (κ1) is 18.6. The van der Waals surface area contributed by atoms with Crippen molar-refractivity contribution in [3.63, 3.8) is 0 Å². The van der Waals surface area contributed by atoms with Gasteiger partial charge in [-0.05, 0) is 43.1 Å².